The standard InChI is InChI=1S/C38H45ClN2O5/c1-23(2)46-35-20-33-25(16-34(35)44-4)17-36(42)41(37(33)24-8-12-28(39)13-9-24)29-14-10-26(11-15-29)38(3,43)27-18-30-6-5-7-31(19-27)40(30)32-21-45-22-32/h8-16,20,23,27,30-32,37,43H,5-7,17-19,21-22H2,1-4H3/t27?,30?,31?,37-,38?/m0/s1. The molecule has 3 aromatic carbocycles. The van der Waals surface area contributed by atoms with E-state index in [-0.39, 0.29) is 30.4 Å². The predicted octanol–water partition coefficient (Wildman–Crippen LogP) is 7.05. The Bertz CT molecular complexity index is 1560. The van der Waals surface area contributed by atoms with Crippen LogP contribution in [0.1, 0.15) is 81.2 Å². The molecule has 4 aliphatic rings. The largest absolute Gasteiger partial charge is 0.493 e. The van der Waals surface area contributed by atoms with Crippen LogP contribution in [0.4, 0.5) is 5.69 Å². The Balaban J connectivity index is 1.21. The maximum Gasteiger partial charge on any atom is 0.232 e. The Hall–Kier alpha value is -3.10. The van der Waals surface area contributed by atoms with Crippen LogP contribution in [0.2, 0.25) is 5.02 Å². The van der Waals surface area contributed by atoms with Crippen molar-refractivity contribution in [3.05, 3.63) is 87.9 Å². The molecule has 4 aliphatic heterocycles. The minimum atomic E-state index is -0.970. The number of halogens is 1. The van der Waals surface area contributed by atoms with Crippen LogP contribution < -0.4 is 14.4 Å². The number of ether oxygens (including phenoxy) is 3. The van der Waals surface area contributed by atoms with Crippen molar-refractivity contribution < 1.29 is 24.1 Å². The summed E-state index contributed by atoms with van der Waals surface area (Å²) in [6.07, 6.45) is 5.84. The van der Waals surface area contributed by atoms with Gasteiger partial charge >= 0.3 is 0 Å². The first-order valence-corrected chi connectivity index (χ1v) is 17.1. The average Bonchev–Trinajstić information content (AvgIpc) is 2.99. The quantitative estimate of drug-likeness (QED) is 0.283. The summed E-state index contributed by atoms with van der Waals surface area (Å²) >= 11 is 6.29. The molecule has 4 heterocycles. The van der Waals surface area contributed by atoms with Crippen molar-refractivity contribution in [2.24, 2.45) is 5.92 Å². The van der Waals surface area contributed by atoms with E-state index in [0.717, 1.165) is 54.0 Å². The zero-order chi connectivity index (χ0) is 32.2. The van der Waals surface area contributed by atoms with Crippen LogP contribution in [0.25, 0.3) is 0 Å². The average molecular weight is 645 g/mol. The summed E-state index contributed by atoms with van der Waals surface area (Å²) in [5.41, 5.74) is 3.57. The molecule has 3 unspecified atom stereocenters. The first-order chi connectivity index (χ1) is 22.1. The first-order valence-electron chi connectivity index (χ1n) is 16.8. The van der Waals surface area contributed by atoms with Crippen molar-refractivity contribution in [1.82, 2.24) is 4.90 Å². The lowest BCUT2D eigenvalue weighted by molar-refractivity contribution is -0.146. The highest BCUT2D eigenvalue weighted by atomic mass is 35.5. The molecular formula is C38H45ClN2O5. The Morgan fingerprint density at radius 2 is 1.63 bits per heavy atom. The molecule has 0 aliphatic carbocycles. The zero-order valence-corrected chi connectivity index (χ0v) is 28.0. The highest BCUT2D eigenvalue weighted by Crippen LogP contribution is 2.47. The summed E-state index contributed by atoms with van der Waals surface area (Å²) < 4.78 is 17.4. The van der Waals surface area contributed by atoms with Gasteiger partial charge in [-0.15, -0.1) is 0 Å². The summed E-state index contributed by atoms with van der Waals surface area (Å²) in [5.74, 6) is 1.43. The van der Waals surface area contributed by atoms with Crippen LogP contribution in [0.5, 0.6) is 11.5 Å². The van der Waals surface area contributed by atoms with Crippen LogP contribution in [0, 0.1) is 5.92 Å². The van der Waals surface area contributed by atoms with Crippen molar-refractivity contribution >= 4 is 23.2 Å². The molecule has 3 fully saturated rings. The molecule has 7 rings (SSSR count). The number of nitrogens with zero attached hydrogens (tertiary/aromatic N) is 2. The van der Waals surface area contributed by atoms with Crippen LogP contribution in [0.15, 0.2) is 60.7 Å². The molecule has 4 atom stereocenters. The summed E-state index contributed by atoms with van der Waals surface area (Å²) in [7, 11) is 1.62. The molecule has 8 heteroatoms. The number of aliphatic hydroxyl groups is 1. The molecule has 46 heavy (non-hydrogen) atoms. The third-order valence-corrected chi connectivity index (χ3v) is 11.0. The fourth-order valence-corrected chi connectivity index (χ4v) is 8.52. The number of piperidine rings is 2. The van der Waals surface area contributed by atoms with Gasteiger partial charge in [-0.1, -0.05) is 42.3 Å². The number of benzene rings is 3. The summed E-state index contributed by atoms with van der Waals surface area (Å²) in [6, 6.07) is 20.8. The van der Waals surface area contributed by atoms with Gasteiger partial charge in [-0.25, -0.2) is 0 Å². The van der Waals surface area contributed by atoms with Gasteiger partial charge in [-0.3, -0.25) is 9.69 Å². The lowest BCUT2D eigenvalue weighted by Crippen LogP contribution is -2.63. The minimum Gasteiger partial charge on any atom is -0.493 e. The maximum atomic E-state index is 14.0. The number of methoxy groups -OCH3 is 1. The lowest BCUT2D eigenvalue weighted by atomic mass is 9.69. The van der Waals surface area contributed by atoms with Crippen LogP contribution in [-0.2, 0) is 21.6 Å². The van der Waals surface area contributed by atoms with E-state index in [0.29, 0.717) is 34.6 Å². The molecule has 244 valence electrons. The van der Waals surface area contributed by atoms with Crippen LogP contribution in [-0.4, -0.2) is 60.5 Å². The van der Waals surface area contributed by atoms with Gasteiger partial charge < -0.3 is 24.2 Å². The van der Waals surface area contributed by atoms with E-state index in [1.54, 1.807) is 7.11 Å². The topological polar surface area (TPSA) is 71.5 Å². The highest BCUT2D eigenvalue weighted by Gasteiger charge is 2.48. The summed E-state index contributed by atoms with van der Waals surface area (Å²) in [6.45, 7) is 7.63. The van der Waals surface area contributed by atoms with E-state index in [9.17, 15) is 9.90 Å². The van der Waals surface area contributed by atoms with Crippen LogP contribution in [0.3, 0.4) is 0 Å². The molecule has 0 spiro atoms. The summed E-state index contributed by atoms with van der Waals surface area (Å²) in [4.78, 5) is 18.6. The second-order valence-electron chi connectivity index (χ2n) is 14.0. The van der Waals surface area contributed by atoms with Crippen molar-refractivity contribution in [2.75, 3.05) is 25.2 Å². The van der Waals surface area contributed by atoms with Crippen molar-refractivity contribution in [1.29, 1.82) is 0 Å². The third kappa shape index (κ3) is 5.70. The SMILES string of the molecule is COc1cc2c(cc1OC(C)C)[C@H](c1ccc(Cl)cc1)N(c1ccc(C(C)(O)C3CC4CCCC(C3)N4C3COC3)cc1)C(=O)C2. The number of anilines is 1. The van der Waals surface area contributed by atoms with Gasteiger partial charge in [-0.05, 0) is 111 Å². The Morgan fingerprint density at radius 1 is 0.957 bits per heavy atom. The molecule has 3 aromatic rings. The molecule has 3 saturated heterocycles. The lowest BCUT2D eigenvalue weighted by Gasteiger charge is -2.56. The monoisotopic (exact) mass is 644 g/mol. The van der Waals surface area contributed by atoms with Crippen molar-refractivity contribution in [2.45, 2.75) is 95.2 Å². The fourth-order valence-electron chi connectivity index (χ4n) is 8.39. The number of carbonyl (C=O) groups excluding carboxylic acids is 1. The van der Waals surface area contributed by atoms with Gasteiger partial charge in [0.25, 0.3) is 0 Å². The van der Waals surface area contributed by atoms with E-state index in [1.807, 2.05) is 86.3 Å². The highest BCUT2D eigenvalue weighted by molar-refractivity contribution is 6.30. The van der Waals surface area contributed by atoms with E-state index in [1.165, 1.54) is 19.3 Å². The second-order valence-corrected chi connectivity index (χ2v) is 14.4. The van der Waals surface area contributed by atoms with Gasteiger partial charge in [0.15, 0.2) is 11.5 Å². The number of hydrogen-bond acceptors (Lipinski definition) is 6. The van der Waals surface area contributed by atoms with Gasteiger partial charge in [0.2, 0.25) is 5.91 Å². The van der Waals surface area contributed by atoms with E-state index < -0.39 is 5.60 Å². The fraction of sp³-hybridized carbons (Fsp3) is 0.500. The molecule has 7 nitrogen and oxygen atoms in total. The third-order valence-electron chi connectivity index (χ3n) is 10.7. The molecule has 0 saturated carbocycles. The second kappa shape index (κ2) is 12.5. The Labute approximate surface area is 277 Å². The van der Waals surface area contributed by atoms with E-state index >= 15 is 0 Å². The van der Waals surface area contributed by atoms with Gasteiger partial charge in [0, 0.05) is 22.8 Å². The number of rotatable bonds is 8. The number of carbonyl (C=O) groups is 1. The Kier molecular flexibility index (Phi) is 8.55. The van der Waals surface area contributed by atoms with Crippen molar-refractivity contribution in [3.8, 4) is 11.5 Å². The minimum absolute atomic E-state index is 0.00767. The summed E-state index contributed by atoms with van der Waals surface area (Å²) in [5, 5.41) is 12.7. The van der Waals surface area contributed by atoms with Crippen molar-refractivity contribution in [3.63, 3.8) is 0 Å². The maximum absolute atomic E-state index is 14.0. The molecule has 0 aromatic heterocycles. The zero-order valence-electron chi connectivity index (χ0n) is 27.2. The molecule has 1 N–H and O–H groups in total. The molecular weight excluding hydrogens is 600 g/mol. The first kappa shape index (κ1) is 31.5. The van der Waals surface area contributed by atoms with Gasteiger partial charge in [0.05, 0.1) is 50.5 Å². The van der Waals surface area contributed by atoms with Crippen LogP contribution >= 0.6 is 11.6 Å². The predicted molar refractivity (Wildman–Crippen MR) is 180 cm³/mol. The molecule has 1 amide bonds. The van der Waals surface area contributed by atoms with E-state index in [2.05, 4.69) is 4.90 Å². The molecule has 2 bridgehead atoms. The molecule has 0 radical (unpaired) electrons. The normalized spacial score (nSPS) is 26.3. The van der Waals surface area contributed by atoms with Gasteiger partial charge in [-0.2, -0.15) is 0 Å². The van der Waals surface area contributed by atoms with Gasteiger partial charge in [0.1, 0.15) is 0 Å². The Morgan fingerprint density at radius 3 is 2.22 bits per heavy atom. The van der Waals surface area contributed by atoms with E-state index in [4.69, 9.17) is 25.8 Å². The smallest absolute Gasteiger partial charge is 0.232 e. The number of fused-ring (bicyclic) bond motifs is 3. The number of amides is 1. The number of hydrogen-bond donors (Lipinski definition) is 1.